The molecule has 0 amide bonds. The molecule has 0 spiro atoms. The fourth-order valence-electron chi connectivity index (χ4n) is 1.28. The number of Topliss-reactive ketones (excluding diaryl/α,β-unsaturated/α-hetero) is 1. The van der Waals surface area contributed by atoms with Gasteiger partial charge in [-0.3, -0.25) is 4.79 Å². The molecule has 1 nitrogen and oxygen atoms in total. The Labute approximate surface area is 123 Å². The maximum absolute atomic E-state index is 11.0. The minimum Gasteiger partial charge on any atom is -1.00 e. The van der Waals surface area contributed by atoms with Gasteiger partial charge in [-0.05, 0) is 12.5 Å². The van der Waals surface area contributed by atoms with E-state index >= 15 is 0 Å². The van der Waals surface area contributed by atoms with Crippen LogP contribution in [0.5, 0.6) is 0 Å². The topological polar surface area (TPSA) is 17.1 Å². The Morgan fingerprint density at radius 3 is 2.71 bits per heavy atom. The molecule has 0 bridgehead atoms. The van der Waals surface area contributed by atoms with Gasteiger partial charge in [0.05, 0.1) is 11.3 Å². The van der Waals surface area contributed by atoms with E-state index in [2.05, 4.69) is 17.5 Å². The highest BCUT2D eigenvalue weighted by Gasteiger charge is 2.15. The molecule has 0 saturated carbocycles. The standard InChI is InChI=1S/C12H11OS3.BrH/c1-9(13)7-14-12-11(8-15-16-12)10-5-3-2-4-6-10;/h2-6,8H,7H2,1H3;1H/q+1;/p-1. The van der Waals surface area contributed by atoms with Gasteiger partial charge in [0.15, 0.2) is 10.3 Å². The fourth-order valence-corrected chi connectivity index (χ4v) is 4.97. The normalized spacial score (nSPS) is 9.71. The summed E-state index contributed by atoms with van der Waals surface area (Å²) in [5.74, 6) is 0.787. The van der Waals surface area contributed by atoms with Crippen molar-refractivity contribution in [2.75, 3.05) is 5.75 Å². The van der Waals surface area contributed by atoms with Crippen molar-refractivity contribution in [3.05, 3.63) is 35.7 Å². The zero-order valence-corrected chi connectivity index (χ0v) is 13.2. The number of hydrogen-bond donors (Lipinski definition) is 0. The molecule has 2 aromatic rings. The van der Waals surface area contributed by atoms with E-state index in [0.29, 0.717) is 5.75 Å². The Morgan fingerprint density at radius 1 is 1.35 bits per heavy atom. The van der Waals surface area contributed by atoms with Crippen LogP contribution in [0.1, 0.15) is 6.92 Å². The summed E-state index contributed by atoms with van der Waals surface area (Å²) in [5.41, 5.74) is 2.48. The molecule has 0 unspecified atom stereocenters. The molecular weight excluding hydrogens is 336 g/mol. The molecule has 0 aliphatic rings. The number of carbonyl (C=O) groups is 1. The van der Waals surface area contributed by atoms with Crippen LogP contribution in [0, 0.1) is 0 Å². The monoisotopic (exact) mass is 346 g/mol. The second-order valence-electron chi connectivity index (χ2n) is 3.36. The van der Waals surface area contributed by atoms with Gasteiger partial charge >= 0.3 is 0 Å². The first-order valence-corrected chi connectivity index (χ1v) is 8.05. The summed E-state index contributed by atoms with van der Waals surface area (Å²) < 4.78 is 1.24. The lowest BCUT2D eigenvalue weighted by atomic mass is 10.1. The molecule has 0 saturated heterocycles. The number of ketones is 1. The second-order valence-corrected chi connectivity index (χ2v) is 6.68. The minimum absolute atomic E-state index is 0. The lowest BCUT2D eigenvalue weighted by molar-refractivity contribution is -0.114. The van der Waals surface area contributed by atoms with Crippen LogP contribution in [0.2, 0.25) is 0 Å². The van der Waals surface area contributed by atoms with Crippen LogP contribution in [0.4, 0.5) is 0 Å². The maximum Gasteiger partial charge on any atom is 0.293 e. The van der Waals surface area contributed by atoms with E-state index in [1.54, 1.807) is 39.4 Å². The van der Waals surface area contributed by atoms with Crippen LogP contribution in [0.3, 0.4) is 0 Å². The molecule has 0 aliphatic heterocycles. The highest BCUT2D eigenvalue weighted by Crippen LogP contribution is 2.38. The van der Waals surface area contributed by atoms with Crippen molar-refractivity contribution in [1.29, 1.82) is 0 Å². The predicted molar refractivity (Wildman–Crippen MR) is 73.4 cm³/mol. The molecule has 0 atom stereocenters. The average Bonchev–Trinajstić information content (AvgIpc) is 2.75. The van der Waals surface area contributed by atoms with Crippen molar-refractivity contribution in [1.82, 2.24) is 0 Å². The summed E-state index contributed by atoms with van der Waals surface area (Å²) in [6.45, 7) is 1.63. The average molecular weight is 347 g/mol. The molecule has 0 aliphatic carbocycles. The largest absolute Gasteiger partial charge is 1.00 e. The van der Waals surface area contributed by atoms with Crippen molar-refractivity contribution in [3.63, 3.8) is 0 Å². The van der Waals surface area contributed by atoms with Crippen molar-refractivity contribution < 1.29 is 21.8 Å². The first-order valence-electron chi connectivity index (χ1n) is 4.86. The molecule has 0 fully saturated rings. The summed E-state index contributed by atoms with van der Waals surface area (Å²) >= 11 is 1.64. The van der Waals surface area contributed by atoms with Gasteiger partial charge < -0.3 is 17.0 Å². The quantitative estimate of drug-likeness (QED) is 0.473. The van der Waals surface area contributed by atoms with Crippen molar-refractivity contribution in [2.45, 2.75) is 11.1 Å². The van der Waals surface area contributed by atoms with Gasteiger partial charge in [0.1, 0.15) is 9.99 Å². The third-order valence-corrected chi connectivity index (χ3v) is 5.83. The SMILES string of the molecule is CC(=O)CSc1s[s+]cc1-c1ccccc1.[Br-]. The van der Waals surface area contributed by atoms with Gasteiger partial charge in [0.25, 0.3) is 10.3 Å². The Hall–Kier alpha value is -0.230. The van der Waals surface area contributed by atoms with E-state index < -0.39 is 0 Å². The van der Waals surface area contributed by atoms with Gasteiger partial charge in [0, 0.05) is 0 Å². The molecular formula is C12H11BrOS3. The highest BCUT2D eigenvalue weighted by atomic mass is 79.9. The van der Waals surface area contributed by atoms with Crippen molar-refractivity contribution >= 4 is 38.2 Å². The number of carbonyl (C=O) groups excluding carboxylic acids is 1. The number of rotatable bonds is 4. The lowest BCUT2D eigenvalue weighted by Crippen LogP contribution is -3.00. The molecule has 2 rings (SSSR count). The van der Waals surface area contributed by atoms with Gasteiger partial charge in [0.2, 0.25) is 5.38 Å². The number of hydrogen-bond acceptors (Lipinski definition) is 3. The van der Waals surface area contributed by atoms with E-state index in [9.17, 15) is 4.79 Å². The van der Waals surface area contributed by atoms with E-state index in [-0.39, 0.29) is 22.8 Å². The number of halogens is 1. The molecule has 0 radical (unpaired) electrons. The summed E-state index contributed by atoms with van der Waals surface area (Å²) in [6, 6.07) is 10.3. The Morgan fingerprint density at radius 2 is 2.06 bits per heavy atom. The smallest absolute Gasteiger partial charge is 0.293 e. The van der Waals surface area contributed by atoms with Crippen LogP contribution >= 0.6 is 32.4 Å². The highest BCUT2D eigenvalue weighted by molar-refractivity contribution is 8.03. The van der Waals surface area contributed by atoms with E-state index in [1.165, 1.54) is 15.3 Å². The summed E-state index contributed by atoms with van der Waals surface area (Å²) in [7, 11) is 3.46. The molecule has 1 aromatic heterocycles. The van der Waals surface area contributed by atoms with Gasteiger partial charge in [-0.15, -0.1) is 11.8 Å². The van der Waals surface area contributed by atoms with Gasteiger partial charge in [-0.2, -0.15) is 0 Å². The zero-order valence-electron chi connectivity index (χ0n) is 9.18. The summed E-state index contributed by atoms with van der Waals surface area (Å²) in [4.78, 5) is 11.0. The Balaban J connectivity index is 0.00000144. The number of benzene rings is 1. The molecule has 5 heteroatoms. The molecule has 90 valence electrons. The first-order chi connectivity index (χ1) is 7.77. The van der Waals surface area contributed by atoms with Crippen LogP contribution in [0.15, 0.2) is 39.9 Å². The van der Waals surface area contributed by atoms with Crippen molar-refractivity contribution in [3.8, 4) is 11.1 Å². The van der Waals surface area contributed by atoms with E-state index in [4.69, 9.17) is 0 Å². The summed E-state index contributed by atoms with van der Waals surface area (Å²) in [5, 5.41) is 2.16. The first kappa shape index (κ1) is 14.8. The van der Waals surface area contributed by atoms with E-state index in [0.717, 1.165) is 0 Å². The van der Waals surface area contributed by atoms with E-state index in [1.807, 2.05) is 18.2 Å². The zero-order chi connectivity index (χ0) is 11.4. The Kier molecular flexibility index (Phi) is 6.33. The second kappa shape index (κ2) is 7.26. The summed E-state index contributed by atoms with van der Waals surface area (Å²) in [6.07, 6.45) is 0. The minimum atomic E-state index is 0. The molecule has 0 N–H and O–H groups in total. The van der Waals surface area contributed by atoms with Gasteiger partial charge in [-0.25, -0.2) is 0 Å². The van der Waals surface area contributed by atoms with Crippen molar-refractivity contribution in [2.24, 2.45) is 0 Å². The number of thioether (sulfide) groups is 1. The fraction of sp³-hybridized carbons (Fsp3) is 0.167. The third kappa shape index (κ3) is 4.17. The van der Waals surface area contributed by atoms with Crippen LogP contribution in [0.25, 0.3) is 11.1 Å². The van der Waals surface area contributed by atoms with Gasteiger partial charge in [-0.1, -0.05) is 30.3 Å². The third-order valence-electron chi connectivity index (χ3n) is 2.00. The maximum atomic E-state index is 11.0. The Bertz CT molecular complexity index is 482. The lowest BCUT2D eigenvalue weighted by Gasteiger charge is -1.98. The van der Waals surface area contributed by atoms with Crippen LogP contribution in [-0.4, -0.2) is 11.5 Å². The molecule has 1 aromatic carbocycles. The molecule has 1 heterocycles. The predicted octanol–water partition coefficient (Wildman–Crippen LogP) is 1.44. The van der Waals surface area contributed by atoms with Crippen LogP contribution in [-0.2, 0) is 4.79 Å². The van der Waals surface area contributed by atoms with Crippen LogP contribution < -0.4 is 17.0 Å². The molecule has 17 heavy (non-hydrogen) atoms.